The van der Waals surface area contributed by atoms with Gasteiger partial charge in [0.2, 0.25) is 0 Å². The molecule has 0 aromatic carbocycles. The molecule has 0 unspecified atom stereocenters. The van der Waals surface area contributed by atoms with Gasteiger partial charge in [-0.3, -0.25) is 0 Å². The Morgan fingerprint density at radius 2 is 2.00 bits per heavy atom. The molecule has 0 heterocycles. The van der Waals surface area contributed by atoms with Gasteiger partial charge in [0.15, 0.2) is 0 Å². The van der Waals surface area contributed by atoms with Crippen molar-refractivity contribution in [3.05, 3.63) is 12.7 Å². The summed E-state index contributed by atoms with van der Waals surface area (Å²) in [6.07, 6.45) is 3.95. The van der Waals surface area contributed by atoms with Gasteiger partial charge in [0.05, 0.1) is 12.1 Å². The molecule has 0 aromatic heterocycles. The minimum absolute atomic E-state index is 0.269. The fourth-order valence-electron chi connectivity index (χ4n) is 1.95. The molecule has 1 amide bonds. The fourth-order valence-corrected chi connectivity index (χ4v) is 1.95. The highest BCUT2D eigenvalue weighted by Crippen LogP contribution is 2.15. The SMILES string of the molecule is C=CCCC[C@H](O)[C@H](CC(C)C)NC(=O)OC(C)(C)C. The summed E-state index contributed by atoms with van der Waals surface area (Å²) >= 11 is 0. The maximum Gasteiger partial charge on any atom is 0.407 e. The van der Waals surface area contributed by atoms with Crippen LogP contribution in [0.5, 0.6) is 0 Å². The lowest BCUT2D eigenvalue weighted by atomic mass is 9.96. The Hall–Kier alpha value is -1.03. The van der Waals surface area contributed by atoms with Gasteiger partial charge in [-0.25, -0.2) is 4.79 Å². The number of nitrogens with one attached hydrogen (secondary N) is 1. The van der Waals surface area contributed by atoms with Gasteiger partial charge in [-0.05, 0) is 52.4 Å². The van der Waals surface area contributed by atoms with Crippen LogP contribution in [0.4, 0.5) is 4.79 Å². The molecule has 0 aliphatic heterocycles. The Balaban J connectivity index is 4.46. The molecule has 0 aliphatic rings. The van der Waals surface area contributed by atoms with E-state index >= 15 is 0 Å². The first kappa shape index (κ1) is 19.0. The van der Waals surface area contributed by atoms with E-state index in [1.54, 1.807) is 0 Å². The highest BCUT2D eigenvalue weighted by molar-refractivity contribution is 5.68. The number of hydrogen-bond donors (Lipinski definition) is 2. The van der Waals surface area contributed by atoms with Crippen molar-refractivity contribution in [2.75, 3.05) is 0 Å². The molecule has 0 fully saturated rings. The second-order valence-electron chi connectivity index (χ2n) is 6.67. The summed E-state index contributed by atoms with van der Waals surface area (Å²) in [5.74, 6) is 0.393. The number of aliphatic hydroxyl groups excluding tert-OH is 1. The number of rotatable bonds is 8. The molecule has 118 valence electrons. The van der Waals surface area contributed by atoms with Crippen LogP contribution in [0.1, 0.15) is 60.3 Å². The summed E-state index contributed by atoms with van der Waals surface area (Å²) in [7, 11) is 0. The molecule has 0 bridgehead atoms. The molecule has 0 aromatic rings. The third-order valence-corrected chi connectivity index (χ3v) is 2.80. The Kier molecular flexibility index (Phi) is 8.54. The van der Waals surface area contributed by atoms with E-state index in [9.17, 15) is 9.90 Å². The predicted octanol–water partition coefficient (Wildman–Crippen LogP) is 3.64. The van der Waals surface area contributed by atoms with Crippen molar-refractivity contribution in [3.63, 3.8) is 0 Å². The largest absolute Gasteiger partial charge is 0.444 e. The zero-order valence-corrected chi connectivity index (χ0v) is 13.6. The van der Waals surface area contributed by atoms with Crippen LogP contribution in [0.15, 0.2) is 12.7 Å². The van der Waals surface area contributed by atoms with Gasteiger partial charge in [0.25, 0.3) is 0 Å². The topological polar surface area (TPSA) is 58.6 Å². The molecule has 4 nitrogen and oxygen atoms in total. The first-order chi connectivity index (χ1) is 9.15. The van der Waals surface area contributed by atoms with Crippen LogP contribution in [-0.2, 0) is 4.74 Å². The standard InChI is InChI=1S/C16H31NO3/c1-7-8-9-10-14(18)13(11-12(2)3)17-15(19)20-16(4,5)6/h7,12-14,18H,1,8-11H2,2-6H3,(H,17,19)/t13-,14-/m0/s1. The number of ether oxygens (including phenoxy) is 1. The highest BCUT2D eigenvalue weighted by Gasteiger charge is 2.24. The Bertz CT molecular complexity index is 295. The normalized spacial score (nSPS) is 14.8. The number of allylic oxidation sites excluding steroid dienone is 1. The van der Waals surface area contributed by atoms with Gasteiger partial charge in [-0.15, -0.1) is 6.58 Å². The smallest absolute Gasteiger partial charge is 0.407 e. The average Bonchev–Trinajstić information content (AvgIpc) is 2.25. The van der Waals surface area contributed by atoms with Crippen LogP contribution in [0.25, 0.3) is 0 Å². The molecule has 20 heavy (non-hydrogen) atoms. The maximum atomic E-state index is 11.8. The minimum atomic E-state index is -0.551. The lowest BCUT2D eigenvalue weighted by molar-refractivity contribution is 0.0391. The first-order valence-electron chi connectivity index (χ1n) is 7.44. The summed E-state index contributed by atoms with van der Waals surface area (Å²) in [6.45, 7) is 13.3. The van der Waals surface area contributed by atoms with Crippen molar-refractivity contribution < 1.29 is 14.6 Å². The van der Waals surface area contributed by atoms with Gasteiger partial charge in [-0.1, -0.05) is 19.9 Å². The fraction of sp³-hybridized carbons (Fsp3) is 0.812. The molecule has 0 aliphatic carbocycles. The van der Waals surface area contributed by atoms with Crippen molar-refractivity contribution >= 4 is 6.09 Å². The Morgan fingerprint density at radius 3 is 2.45 bits per heavy atom. The van der Waals surface area contributed by atoms with E-state index in [0.717, 1.165) is 19.3 Å². The van der Waals surface area contributed by atoms with Crippen LogP contribution in [0.2, 0.25) is 0 Å². The van der Waals surface area contributed by atoms with E-state index in [4.69, 9.17) is 4.74 Å². The first-order valence-corrected chi connectivity index (χ1v) is 7.44. The minimum Gasteiger partial charge on any atom is -0.444 e. The number of hydrogen-bond acceptors (Lipinski definition) is 3. The molecule has 2 N–H and O–H groups in total. The van der Waals surface area contributed by atoms with Crippen LogP contribution < -0.4 is 5.32 Å². The van der Waals surface area contributed by atoms with E-state index in [-0.39, 0.29) is 6.04 Å². The molecule has 4 heteroatoms. The number of carbonyl (C=O) groups is 1. The second kappa shape index (κ2) is 9.01. The average molecular weight is 285 g/mol. The zero-order chi connectivity index (χ0) is 15.8. The van der Waals surface area contributed by atoms with Crippen LogP contribution >= 0.6 is 0 Å². The number of aliphatic hydroxyl groups is 1. The van der Waals surface area contributed by atoms with E-state index in [0.29, 0.717) is 12.3 Å². The number of alkyl carbamates (subject to hydrolysis) is 1. The molecular formula is C16H31NO3. The highest BCUT2D eigenvalue weighted by atomic mass is 16.6. The summed E-state index contributed by atoms with van der Waals surface area (Å²) in [6, 6.07) is -0.269. The van der Waals surface area contributed by atoms with E-state index in [1.165, 1.54) is 0 Å². The van der Waals surface area contributed by atoms with Crippen molar-refractivity contribution in [1.29, 1.82) is 0 Å². The maximum absolute atomic E-state index is 11.8. The summed E-state index contributed by atoms with van der Waals surface area (Å²) < 4.78 is 5.25. The Labute approximate surface area is 123 Å². The monoisotopic (exact) mass is 285 g/mol. The van der Waals surface area contributed by atoms with E-state index < -0.39 is 17.8 Å². The van der Waals surface area contributed by atoms with Crippen molar-refractivity contribution in [2.45, 2.75) is 78.0 Å². The summed E-state index contributed by atoms with van der Waals surface area (Å²) in [5.41, 5.74) is -0.528. The van der Waals surface area contributed by atoms with Crippen molar-refractivity contribution in [3.8, 4) is 0 Å². The molecule has 0 saturated heterocycles. The molecule has 0 radical (unpaired) electrons. The van der Waals surface area contributed by atoms with Gasteiger partial charge in [-0.2, -0.15) is 0 Å². The van der Waals surface area contributed by atoms with E-state index in [1.807, 2.05) is 26.8 Å². The second-order valence-corrected chi connectivity index (χ2v) is 6.67. The predicted molar refractivity (Wildman–Crippen MR) is 82.7 cm³/mol. The molecule has 2 atom stereocenters. The Morgan fingerprint density at radius 1 is 1.40 bits per heavy atom. The third kappa shape index (κ3) is 9.84. The van der Waals surface area contributed by atoms with Gasteiger partial charge < -0.3 is 15.2 Å². The number of amides is 1. The summed E-state index contributed by atoms with van der Waals surface area (Å²) in [4.78, 5) is 11.8. The lowest BCUT2D eigenvalue weighted by Gasteiger charge is -2.27. The zero-order valence-electron chi connectivity index (χ0n) is 13.6. The number of unbranched alkanes of at least 4 members (excludes halogenated alkanes) is 1. The molecule has 0 saturated carbocycles. The number of carbonyl (C=O) groups excluding carboxylic acids is 1. The van der Waals surface area contributed by atoms with E-state index in [2.05, 4.69) is 25.7 Å². The van der Waals surface area contributed by atoms with Crippen LogP contribution in [0.3, 0.4) is 0 Å². The quantitative estimate of drug-likeness (QED) is 0.529. The van der Waals surface area contributed by atoms with Crippen LogP contribution in [-0.4, -0.2) is 28.9 Å². The van der Waals surface area contributed by atoms with Gasteiger partial charge in [0, 0.05) is 0 Å². The summed E-state index contributed by atoms with van der Waals surface area (Å²) in [5, 5.41) is 13.0. The molecule has 0 rings (SSSR count). The van der Waals surface area contributed by atoms with Crippen molar-refractivity contribution in [2.24, 2.45) is 5.92 Å². The molecule has 0 spiro atoms. The lowest BCUT2D eigenvalue weighted by Crippen LogP contribution is -2.46. The van der Waals surface area contributed by atoms with Gasteiger partial charge >= 0.3 is 6.09 Å². The molecular weight excluding hydrogens is 254 g/mol. The van der Waals surface area contributed by atoms with Crippen LogP contribution in [0, 0.1) is 5.92 Å². The van der Waals surface area contributed by atoms with Gasteiger partial charge in [0.1, 0.15) is 5.60 Å². The third-order valence-electron chi connectivity index (χ3n) is 2.80. The van der Waals surface area contributed by atoms with Crippen molar-refractivity contribution in [1.82, 2.24) is 5.32 Å².